The summed E-state index contributed by atoms with van der Waals surface area (Å²) in [4.78, 5) is 17.8. The summed E-state index contributed by atoms with van der Waals surface area (Å²) in [5, 5.41) is 0. The fourth-order valence-corrected chi connectivity index (χ4v) is 4.12. The van der Waals surface area contributed by atoms with Crippen molar-refractivity contribution in [3.63, 3.8) is 0 Å². The van der Waals surface area contributed by atoms with Gasteiger partial charge in [0.25, 0.3) is 5.91 Å². The van der Waals surface area contributed by atoms with E-state index in [0.29, 0.717) is 17.0 Å². The summed E-state index contributed by atoms with van der Waals surface area (Å²) >= 11 is 1.54. The molecule has 0 aliphatic carbocycles. The molecule has 3 aromatic rings. The van der Waals surface area contributed by atoms with Gasteiger partial charge >= 0.3 is 0 Å². The summed E-state index contributed by atoms with van der Waals surface area (Å²) in [6.07, 6.45) is 3.33. The number of aryl methyl sites for hydroxylation is 3. The first-order chi connectivity index (χ1) is 13.0. The van der Waals surface area contributed by atoms with Crippen LogP contribution in [0.5, 0.6) is 5.75 Å². The second-order valence-corrected chi connectivity index (χ2v) is 7.81. The van der Waals surface area contributed by atoms with E-state index in [4.69, 9.17) is 4.74 Å². The van der Waals surface area contributed by atoms with Gasteiger partial charge in [-0.1, -0.05) is 43.2 Å². The fraction of sp³-hybridized carbons (Fsp3) is 0.364. The molecule has 0 bridgehead atoms. The van der Waals surface area contributed by atoms with E-state index in [1.54, 1.807) is 12.1 Å². The molecule has 3 rings (SSSR count). The van der Waals surface area contributed by atoms with E-state index in [2.05, 4.69) is 37.9 Å². The molecule has 0 aliphatic rings. The Morgan fingerprint density at radius 3 is 2.78 bits per heavy atom. The van der Waals surface area contributed by atoms with Crippen LogP contribution in [-0.2, 0) is 7.05 Å². The molecule has 5 heteroatoms. The zero-order valence-electron chi connectivity index (χ0n) is 16.4. The standard InChI is InChI=1S/C22H26N2O2S/c1-5-6-7-13-26-18-10-8-9-17(14-18)21(25)23-22-24(4)20-16(3)15(2)11-12-19(20)27-22/h8-12,14H,5-7,13H2,1-4H3. The Balaban J connectivity index is 1.88. The monoisotopic (exact) mass is 382 g/mol. The molecule has 0 atom stereocenters. The van der Waals surface area contributed by atoms with Crippen molar-refractivity contribution < 1.29 is 9.53 Å². The minimum atomic E-state index is -0.245. The minimum Gasteiger partial charge on any atom is -0.494 e. The number of hydrogen-bond donors (Lipinski definition) is 0. The maximum absolute atomic E-state index is 12.7. The normalized spacial score (nSPS) is 11.9. The highest BCUT2D eigenvalue weighted by Crippen LogP contribution is 2.23. The Morgan fingerprint density at radius 1 is 1.19 bits per heavy atom. The Morgan fingerprint density at radius 2 is 2.00 bits per heavy atom. The third kappa shape index (κ3) is 4.30. The quantitative estimate of drug-likeness (QED) is 0.552. The highest BCUT2D eigenvalue weighted by atomic mass is 32.1. The van der Waals surface area contributed by atoms with Crippen molar-refractivity contribution in [1.82, 2.24) is 4.57 Å². The van der Waals surface area contributed by atoms with E-state index in [9.17, 15) is 4.79 Å². The maximum atomic E-state index is 12.7. The van der Waals surface area contributed by atoms with Gasteiger partial charge in [0.1, 0.15) is 5.75 Å². The number of amides is 1. The molecule has 2 aromatic carbocycles. The lowest BCUT2D eigenvalue weighted by Crippen LogP contribution is -2.14. The number of carbonyl (C=O) groups excluding carboxylic acids is 1. The molecule has 0 unspecified atom stereocenters. The molecule has 0 fully saturated rings. The van der Waals surface area contributed by atoms with Gasteiger partial charge in [-0.2, -0.15) is 4.99 Å². The number of nitrogens with zero attached hydrogens (tertiary/aromatic N) is 2. The fourth-order valence-electron chi connectivity index (χ4n) is 3.05. The summed E-state index contributed by atoms with van der Waals surface area (Å²) in [5.41, 5.74) is 4.15. The van der Waals surface area contributed by atoms with Gasteiger partial charge in [-0.05, 0) is 55.7 Å². The topological polar surface area (TPSA) is 43.6 Å². The number of carbonyl (C=O) groups is 1. The lowest BCUT2D eigenvalue weighted by Gasteiger charge is -2.06. The Bertz CT molecular complexity index is 1030. The van der Waals surface area contributed by atoms with E-state index >= 15 is 0 Å². The van der Waals surface area contributed by atoms with E-state index in [-0.39, 0.29) is 5.91 Å². The van der Waals surface area contributed by atoms with Gasteiger partial charge < -0.3 is 9.30 Å². The van der Waals surface area contributed by atoms with Crippen LogP contribution in [-0.4, -0.2) is 17.1 Å². The lowest BCUT2D eigenvalue weighted by atomic mass is 10.1. The molecule has 142 valence electrons. The van der Waals surface area contributed by atoms with Gasteiger partial charge in [0.2, 0.25) is 0 Å². The van der Waals surface area contributed by atoms with Gasteiger partial charge in [-0.3, -0.25) is 4.79 Å². The molecular weight excluding hydrogens is 356 g/mol. The molecule has 0 aliphatic heterocycles. The second-order valence-electron chi connectivity index (χ2n) is 6.80. The van der Waals surface area contributed by atoms with Crippen LogP contribution in [0, 0.1) is 13.8 Å². The maximum Gasteiger partial charge on any atom is 0.279 e. The smallest absolute Gasteiger partial charge is 0.279 e. The second kappa shape index (κ2) is 8.53. The van der Waals surface area contributed by atoms with E-state index in [1.807, 2.05) is 23.7 Å². The number of rotatable bonds is 6. The largest absolute Gasteiger partial charge is 0.494 e. The van der Waals surface area contributed by atoms with Crippen LogP contribution in [0.2, 0.25) is 0 Å². The molecule has 1 aromatic heterocycles. The highest BCUT2D eigenvalue weighted by molar-refractivity contribution is 7.16. The Hall–Kier alpha value is -2.40. The van der Waals surface area contributed by atoms with Gasteiger partial charge in [0.05, 0.1) is 16.8 Å². The number of benzene rings is 2. The van der Waals surface area contributed by atoms with Gasteiger partial charge in [-0.25, -0.2) is 0 Å². The van der Waals surface area contributed by atoms with Crippen LogP contribution in [0.15, 0.2) is 41.4 Å². The van der Waals surface area contributed by atoms with Crippen LogP contribution in [0.1, 0.15) is 47.7 Å². The van der Waals surface area contributed by atoms with Crippen LogP contribution in [0.3, 0.4) is 0 Å². The summed E-state index contributed by atoms with van der Waals surface area (Å²) in [7, 11) is 1.96. The predicted octanol–water partition coefficient (Wildman–Crippen LogP) is 5.17. The lowest BCUT2D eigenvalue weighted by molar-refractivity contribution is 0.0997. The third-order valence-corrected chi connectivity index (χ3v) is 5.88. The van der Waals surface area contributed by atoms with Crippen molar-refractivity contribution in [1.29, 1.82) is 0 Å². The zero-order valence-corrected chi connectivity index (χ0v) is 17.2. The van der Waals surface area contributed by atoms with Gasteiger partial charge in [0, 0.05) is 12.6 Å². The van der Waals surface area contributed by atoms with Gasteiger partial charge in [0.15, 0.2) is 4.80 Å². The number of aromatic nitrogens is 1. The number of hydrogen-bond acceptors (Lipinski definition) is 3. The van der Waals surface area contributed by atoms with Crippen molar-refractivity contribution in [2.24, 2.45) is 12.0 Å². The first-order valence-electron chi connectivity index (χ1n) is 9.39. The van der Waals surface area contributed by atoms with Crippen molar-refractivity contribution >= 4 is 27.5 Å². The molecule has 1 amide bonds. The molecule has 0 N–H and O–H groups in total. The summed E-state index contributed by atoms with van der Waals surface area (Å²) in [6, 6.07) is 11.5. The van der Waals surface area contributed by atoms with E-state index in [1.165, 1.54) is 22.5 Å². The molecule has 1 heterocycles. The summed E-state index contributed by atoms with van der Waals surface area (Å²) in [6.45, 7) is 7.04. The van der Waals surface area contributed by atoms with Crippen molar-refractivity contribution in [3.8, 4) is 5.75 Å². The average Bonchev–Trinajstić information content (AvgIpc) is 2.98. The molecule has 0 radical (unpaired) electrons. The molecule has 0 spiro atoms. The first-order valence-corrected chi connectivity index (χ1v) is 10.2. The van der Waals surface area contributed by atoms with E-state index in [0.717, 1.165) is 35.2 Å². The highest BCUT2D eigenvalue weighted by Gasteiger charge is 2.10. The predicted molar refractivity (Wildman–Crippen MR) is 112 cm³/mol. The summed E-state index contributed by atoms with van der Waals surface area (Å²) in [5.74, 6) is 0.477. The molecule has 0 saturated carbocycles. The molecular formula is C22H26N2O2S. The zero-order chi connectivity index (χ0) is 19.4. The average molecular weight is 383 g/mol. The number of unbranched alkanes of at least 4 members (excludes halogenated alkanes) is 2. The van der Waals surface area contributed by atoms with E-state index < -0.39 is 0 Å². The van der Waals surface area contributed by atoms with Crippen LogP contribution in [0.25, 0.3) is 10.2 Å². The molecule has 4 nitrogen and oxygen atoms in total. The van der Waals surface area contributed by atoms with Crippen LogP contribution < -0.4 is 9.54 Å². The van der Waals surface area contributed by atoms with Crippen LogP contribution >= 0.6 is 11.3 Å². The summed E-state index contributed by atoms with van der Waals surface area (Å²) < 4.78 is 8.90. The Labute approximate surface area is 164 Å². The minimum absolute atomic E-state index is 0.245. The molecule has 27 heavy (non-hydrogen) atoms. The van der Waals surface area contributed by atoms with Crippen molar-refractivity contribution in [2.75, 3.05) is 6.61 Å². The first kappa shape index (κ1) is 19.4. The van der Waals surface area contributed by atoms with Gasteiger partial charge in [-0.15, -0.1) is 0 Å². The van der Waals surface area contributed by atoms with Crippen LogP contribution in [0.4, 0.5) is 0 Å². The number of thiazole rings is 1. The number of ether oxygens (including phenoxy) is 1. The van der Waals surface area contributed by atoms with Crippen molar-refractivity contribution in [2.45, 2.75) is 40.0 Å². The third-order valence-electron chi connectivity index (χ3n) is 4.78. The SMILES string of the molecule is CCCCCOc1cccc(C(=O)N=c2sc3ccc(C)c(C)c3n2C)c1. The Kier molecular flexibility index (Phi) is 6.11. The molecule has 0 saturated heterocycles. The van der Waals surface area contributed by atoms with Crippen molar-refractivity contribution in [3.05, 3.63) is 57.9 Å². The number of fused-ring (bicyclic) bond motifs is 1.